The predicted molar refractivity (Wildman–Crippen MR) is 112 cm³/mol. The number of nitrogens with zero attached hydrogens (tertiary/aromatic N) is 1. The van der Waals surface area contributed by atoms with Gasteiger partial charge >= 0.3 is 0 Å². The highest BCUT2D eigenvalue weighted by Crippen LogP contribution is 2.15. The summed E-state index contributed by atoms with van der Waals surface area (Å²) in [7, 11) is 0. The molecule has 140 valence electrons. The van der Waals surface area contributed by atoms with Gasteiger partial charge in [-0.05, 0) is 42.8 Å². The number of rotatable bonds is 5. The minimum Gasteiger partial charge on any atom is -0.322 e. The first kappa shape index (κ1) is 19.3. The average molecular weight is 392 g/mol. The van der Waals surface area contributed by atoms with E-state index in [0.717, 1.165) is 5.56 Å². The van der Waals surface area contributed by atoms with Gasteiger partial charge < -0.3 is 5.32 Å². The first-order valence-corrected chi connectivity index (χ1v) is 8.97. The fraction of sp³-hybridized carbons (Fsp3) is 0.0455. The van der Waals surface area contributed by atoms with Crippen LogP contribution in [0.2, 0.25) is 5.02 Å². The molecule has 0 aliphatic rings. The molecule has 0 heterocycles. The average Bonchev–Trinajstić information content (AvgIpc) is 2.70. The number of hydrogen-bond donors (Lipinski definition) is 2. The molecule has 28 heavy (non-hydrogen) atoms. The van der Waals surface area contributed by atoms with Crippen LogP contribution < -0.4 is 10.7 Å². The Labute approximate surface area is 168 Å². The van der Waals surface area contributed by atoms with Crippen LogP contribution in [0.15, 0.2) is 77.9 Å². The summed E-state index contributed by atoms with van der Waals surface area (Å²) in [5, 5.41) is 7.28. The maximum Gasteiger partial charge on any atom is 0.271 e. The maximum absolute atomic E-state index is 12.4. The minimum atomic E-state index is -0.393. The number of anilines is 1. The Hall–Kier alpha value is -3.44. The molecule has 2 amide bonds. The number of nitrogens with one attached hydrogen (secondary N) is 2. The van der Waals surface area contributed by atoms with Crippen molar-refractivity contribution in [2.45, 2.75) is 6.92 Å². The first-order valence-electron chi connectivity index (χ1n) is 8.59. The van der Waals surface area contributed by atoms with E-state index in [2.05, 4.69) is 15.8 Å². The van der Waals surface area contributed by atoms with Gasteiger partial charge in [0.25, 0.3) is 11.8 Å². The van der Waals surface area contributed by atoms with E-state index in [9.17, 15) is 9.59 Å². The molecular weight excluding hydrogens is 374 g/mol. The summed E-state index contributed by atoms with van der Waals surface area (Å²) in [6.07, 6.45) is 1.48. The van der Waals surface area contributed by atoms with Gasteiger partial charge in [-0.3, -0.25) is 9.59 Å². The highest BCUT2D eigenvalue weighted by Gasteiger charge is 2.10. The molecule has 0 saturated heterocycles. The number of halogens is 1. The lowest BCUT2D eigenvalue weighted by Crippen LogP contribution is -2.18. The van der Waals surface area contributed by atoms with Crippen LogP contribution in [0.3, 0.4) is 0 Å². The molecule has 3 aromatic rings. The Morgan fingerprint density at radius 2 is 1.68 bits per heavy atom. The van der Waals surface area contributed by atoms with E-state index in [0.29, 0.717) is 27.4 Å². The van der Waals surface area contributed by atoms with Crippen LogP contribution in [-0.4, -0.2) is 18.0 Å². The molecule has 0 spiro atoms. The minimum absolute atomic E-state index is 0.229. The lowest BCUT2D eigenvalue weighted by atomic mass is 10.1. The number of carbonyl (C=O) groups excluding carboxylic acids is 2. The van der Waals surface area contributed by atoms with E-state index in [1.54, 1.807) is 42.5 Å². The zero-order valence-electron chi connectivity index (χ0n) is 15.1. The molecule has 0 unspecified atom stereocenters. The molecule has 0 aliphatic heterocycles. The topological polar surface area (TPSA) is 70.6 Å². The fourth-order valence-electron chi connectivity index (χ4n) is 2.57. The van der Waals surface area contributed by atoms with E-state index in [1.165, 1.54) is 6.21 Å². The largest absolute Gasteiger partial charge is 0.322 e. The monoisotopic (exact) mass is 391 g/mol. The van der Waals surface area contributed by atoms with Crippen molar-refractivity contribution in [3.8, 4) is 0 Å². The smallest absolute Gasteiger partial charge is 0.271 e. The SMILES string of the molecule is Cc1ccccc1C(=O)Nc1cccc(C(=O)NN=Cc2ccccc2Cl)c1. The fourth-order valence-corrected chi connectivity index (χ4v) is 2.75. The molecule has 0 fully saturated rings. The highest BCUT2D eigenvalue weighted by molar-refractivity contribution is 6.33. The van der Waals surface area contributed by atoms with Crippen LogP contribution in [0, 0.1) is 6.92 Å². The van der Waals surface area contributed by atoms with Gasteiger partial charge in [-0.1, -0.05) is 54.1 Å². The first-order chi connectivity index (χ1) is 13.5. The van der Waals surface area contributed by atoms with Crippen LogP contribution in [0.5, 0.6) is 0 Å². The van der Waals surface area contributed by atoms with E-state index in [4.69, 9.17) is 11.6 Å². The highest BCUT2D eigenvalue weighted by atomic mass is 35.5. The van der Waals surface area contributed by atoms with Gasteiger partial charge in [0.1, 0.15) is 0 Å². The van der Waals surface area contributed by atoms with E-state index >= 15 is 0 Å². The summed E-state index contributed by atoms with van der Waals surface area (Å²) in [6.45, 7) is 1.87. The molecule has 0 radical (unpaired) electrons. The molecule has 0 bridgehead atoms. The molecule has 0 aromatic heterocycles. The molecule has 3 aromatic carbocycles. The van der Waals surface area contributed by atoms with Gasteiger partial charge in [-0.15, -0.1) is 0 Å². The molecule has 5 nitrogen and oxygen atoms in total. The summed E-state index contributed by atoms with van der Waals surface area (Å²) in [6, 6.07) is 21.1. The molecule has 2 N–H and O–H groups in total. The molecular formula is C22H18ClN3O2. The van der Waals surface area contributed by atoms with Crippen molar-refractivity contribution < 1.29 is 9.59 Å². The number of hydrazone groups is 1. The van der Waals surface area contributed by atoms with Crippen LogP contribution in [0.1, 0.15) is 31.8 Å². The van der Waals surface area contributed by atoms with Crippen molar-refractivity contribution in [2.75, 3.05) is 5.32 Å². The number of carbonyl (C=O) groups is 2. The summed E-state index contributed by atoms with van der Waals surface area (Å²) in [5.74, 6) is -0.623. The van der Waals surface area contributed by atoms with Crippen molar-refractivity contribution in [1.29, 1.82) is 0 Å². The summed E-state index contributed by atoms with van der Waals surface area (Å²) < 4.78 is 0. The second-order valence-electron chi connectivity index (χ2n) is 6.07. The van der Waals surface area contributed by atoms with Crippen LogP contribution in [-0.2, 0) is 0 Å². The molecule has 3 rings (SSSR count). The summed E-state index contributed by atoms with van der Waals surface area (Å²) in [5.41, 5.74) is 5.51. The zero-order valence-corrected chi connectivity index (χ0v) is 15.9. The summed E-state index contributed by atoms with van der Waals surface area (Å²) in [4.78, 5) is 24.7. The Bertz CT molecular complexity index is 1050. The molecule has 0 atom stereocenters. The zero-order chi connectivity index (χ0) is 19.9. The normalized spacial score (nSPS) is 10.6. The third-order valence-electron chi connectivity index (χ3n) is 4.05. The Balaban J connectivity index is 1.67. The van der Waals surface area contributed by atoms with Crippen molar-refractivity contribution in [1.82, 2.24) is 5.43 Å². The van der Waals surface area contributed by atoms with Gasteiger partial charge in [-0.25, -0.2) is 5.43 Å². The third kappa shape index (κ3) is 4.84. The van der Waals surface area contributed by atoms with E-state index < -0.39 is 5.91 Å². The van der Waals surface area contributed by atoms with Gasteiger partial charge in [-0.2, -0.15) is 5.10 Å². The van der Waals surface area contributed by atoms with Gasteiger partial charge in [0.2, 0.25) is 0 Å². The number of amides is 2. The predicted octanol–water partition coefficient (Wildman–Crippen LogP) is 4.66. The standard InChI is InChI=1S/C22H18ClN3O2/c1-15-7-2-4-11-19(15)22(28)25-18-10-6-9-16(13-18)21(27)26-24-14-17-8-3-5-12-20(17)23/h2-14H,1H3,(H,25,28)(H,26,27). The number of aryl methyl sites for hydroxylation is 1. The van der Waals surface area contributed by atoms with Gasteiger partial charge in [0, 0.05) is 27.4 Å². The summed E-state index contributed by atoms with van der Waals surface area (Å²) >= 11 is 6.04. The second kappa shape index (κ2) is 8.97. The van der Waals surface area contributed by atoms with Crippen LogP contribution in [0.25, 0.3) is 0 Å². The quantitative estimate of drug-likeness (QED) is 0.490. The number of hydrogen-bond acceptors (Lipinski definition) is 3. The van der Waals surface area contributed by atoms with E-state index in [-0.39, 0.29) is 5.91 Å². The van der Waals surface area contributed by atoms with Crippen molar-refractivity contribution in [3.05, 3.63) is 100 Å². The maximum atomic E-state index is 12.4. The number of benzene rings is 3. The van der Waals surface area contributed by atoms with Crippen LogP contribution >= 0.6 is 11.6 Å². The molecule has 0 saturated carbocycles. The van der Waals surface area contributed by atoms with Crippen molar-refractivity contribution >= 4 is 35.3 Å². The lowest BCUT2D eigenvalue weighted by Gasteiger charge is -2.08. The molecule has 6 heteroatoms. The van der Waals surface area contributed by atoms with Gasteiger partial charge in [0.15, 0.2) is 0 Å². The van der Waals surface area contributed by atoms with Crippen molar-refractivity contribution in [3.63, 3.8) is 0 Å². The second-order valence-corrected chi connectivity index (χ2v) is 6.48. The third-order valence-corrected chi connectivity index (χ3v) is 4.39. The Morgan fingerprint density at radius 1 is 0.929 bits per heavy atom. The lowest BCUT2D eigenvalue weighted by molar-refractivity contribution is 0.0953. The Morgan fingerprint density at radius 3 is 2.46 bits per heavy atom. The molecule has 0 aliphatic carbocycles. The van der Waals surface area contributed by atoms with Crippen molar-refractivity contribution in [2.24, 2.45) is 5.10 Å². The van der Waals surface area contributed by atoms with E-state index in [1.807, 2.05) is 37.3 Å². The van der Waals surface area contributed by atoms with Crippen LogP contribution in [0.4, 0.5) is 5.69 Å². The van der Waals surface area contributed by atoms with Gasteiger partial charge in [0.05, 0.1) is 6.21 Å². The Kier molecular flexibility index (Phi) is 6.19.